The fourth-order valence-electron chi connectivity index (χ4n) is 2.73. The molecule has 0 aliphatic rings. The molecule has 0 aliphatic carbocycles. The summed E-state index contributed by atoms with van der Waals surface area (Å²) < 4.78 is 27.6. The number of nitrogens with one attached hydrogen (secondary N) is 2. The van der Waals surface area contributed by atoms with E-state index < -0.39 is 35.1 Å². The van der Waals surface area contributed by atoms with E-state index in [1.165, 1.54) is 6.07 Å². The Balaban J connectivity index is 1.95. The van der Waals surface area contributed by atoms with Crippen molar-refractivity contribution in [2.24, 2.45) is 5.92 Å². The predicted molar refractivity (Wildman–Crippen MR) is 105 cm³/mol. The van der Waals surface area contributed by atoms with Gasteiger partial charge in [0.15, 0.2) is 0 Å². The zero-order valence-corrected chi connectivity index (χ0v) is 16.2. The molecule has 150 valence electrons. The van der Waals surface area contributed by atoms with Crippen LogP contribution in [0.2, 0.25) is 0 Å². The first-order chi connectivity index (χ1) is 13.3. The average molecular weight is 389 g/mol. The molecule has 0 radical (unpaired) electrons. The topological polar surface area (TPSA) is 61.4 Å². The van der Waals surface area contributed by atoms with Gasteiger partial charge >= 0.3 is 0 Å². The molecule has 2 rings (SSSR count). The maximum Gasteiger partial charge on any atom is 0.257 e. The van der Waals surface area contributed by atoms with Crippen LogP contribution in [0.15, 0.2) is 48.5 Å². The number of hydrogen-bond acceptors (Lipinski definition) is 3. The Morgan fingerprint density at radius 3 is 2.18 bits per heavy atom. The Kier molecular flexibility index (Phi) is 7.49. The number of nitrogens with zero attached hydrogens (tertiary/aromatic N) is 1. The Morgan fingerprint density at radius 2 is 1.61 bits per heavy atom. The Morgan fingerprint density at radius 1 is 1.00 bits per heavy atom. The minimum absolute atomic E-state index is 0.259. The van der Waals surface area contributed by atoms with E-state index in [4.69, 9.17) is 0 Å². The molecule has 2 aromatic carbocycles. The molecule has 5 nitrogen and oxygen atoms in total. The van der Waals surface area contributed by atoms with E-state index in [1.807, 2.05) is 42.3 Å². The lowest BCUT2D eigenvalue weighted by molar-refractivity contribution is -0.123. The molecule has 0 fully saturated rings. The molecule has 2 amide bonds. The van der Waals surface area contributed by atoms with Gasteiger partial charge in [-0.25, -0.2) is 8.78 Å². The molecule has 1 unspecified atom stereocenters. The van der Waals surface area contributed by atoms with Gasteiger partial charge in [-0.1, -0.05) is 38.1 Å². The lowest BCUT2D eigenvalue weighted by Crippen LogP contribution is -2.51. The van der Waals surface area contributed by atoms with Crippen molar-refractivity contribution in [3.63, 3.8) is 0 Å². The van der Waals surface area contributed by atoms with Gasteiger partial charge in [0.1, 0.15) is 23.2 Å². The molecular weight excluding hydrogens is 364 g/mol. The minimum atomic E-state index is -0.968. The van der Waals surface area contributed by atoms with Crippen LogP contribution in [0.3, 0.4) is 0 Å². The van der Waals surface area contributed by atoms with Crippen LogP contribution in [0.25, 0.3) is 0 Å². The molecule has 7 heteroatoms. The SMILES string of the molecule is CC(C)C(NC(=O)c1c(F)cccc1F)C(=O)NCCN(C)c1ccccc1. The average Bonchev–Trinajstić information content (AvgIpc) is 2.66. The van der Waals surface area contributed by atoms with Gasteiger partial charge in [-0.05, 0) is 30.2 Å². The second kappa shape index (κ2) is 9.82. The zero-order chi connectivity index (χ0) is 20.7. The Hall–Kier alpha value is -2.96. The van der Waals surface area contributed by atoms with E-state index in [0.29, 0.717) is 13.1 Å². The smallest absolute Gasteiger partial charge is 0.257 e. The van der Waals surface area contributed by atoms with Gasteiger partial charge in [0, 0.05) is 25.8 Å². The second-order valence-corrected chi connectivity index (χ2v) is 6.84. The van der Waals surface area contributed by atoms with Gasteiger partial charge in [0.05, 0.1) is 0 Å². The Bertz CT molecular complexity index is 792. The fraction of sp³-hybridized carbons (Fsp3) is 0.333. The number of amides is 2. The summed E-state index contributed by atoms with van der Waals surface area (Å²) in [5.41, 5.74) is 0.324. The molecule has 1 atom stereocenters. The summed E-state index contributed by atoms with van der Waals surface area (Å²) in [6, 6.07) is 12.0. The molecule has 0 saturated carbocycles. The van der Waals surface area contributed by atoms with Crippen LogP contribution in [-0.4, -0.2) is 38.0 Å². The van der Waals surface area contributed by atoms with E-state index >= 15 is 0 Å². The first-order valence-corrected chi connectivity index (χ1v) is 9.10. The van der Waals surface area contributed by atoms with Crippen molar-refractivity contribution < 1.29 is 18.4 Å². The molecular formula is C21H25F2N3O2. The highest BCUT2D eigenvalue weighted by molar-refractivity contribution is 5.98. The normalized spacial score (nSPS) is 11.8. The number of likely N-dealkylation sites (N-methyl/N-ethyl adjacent to an activating group) is 1. The molecule has 2 N–H and O–H groups in total. The van der Waals surface area contributed by atoms with Crippen LogP contribution in [0.5, 0.6) is 0 Å². The lowest BCUT2D eigenvalue weighted by Gasteiger charge is -2.24. The highest BCUT2D eigenvalue weighted by Gasteiger charge is 2.27. The molecule has 0 aromatic heterocycles. The number of carbonyl (C=O) groups is 2. The van der Waals surface area contributed by atoms with E-state index in [9.17, 15) is 18.4 Å². The van der Waals surface area contributed by atoms with Gasteiger partial charge < -0.3 is 15.5 Å². The van der Waals surface area contributed by atoms with Crippen molar-refractivity contribution in [2.45, 2.75) is 19.9 Å². The van der Waals surface area contributed by atoms with Crippen LogP contribution < -0.4 is 15.5 Å². The summed E-state index contributed by atoms with van der Waals surface area (Å²) in [5.74, 6) is -3.55. The van der Waals surface area contributed by atoms with Crippen molar-refractivity contribution in [1.29, 1.82) is 0 Å². The summed E-state index contributed by atoms with van der Waals surface area (Å²) >= 11 is 0. The molecule has 0 spiro atoms. The van der Waals surface area contributed by atoms with Gasteiger partial charge in [-0.3, -0.25) is 9.59 Å². The number of rotatable bonds is 8. The van der Waals surface area contributed by atoms with Gasteiger partial charge in [-0.2, -0.15) is 0 Å². The third-order valence-electron chi connectivity index (χ3n) is 4.37. The number of carbonyl (C=O) groups excluding carboxylic acids is 2. The van der Waals surface area contributed by atoms with E-state index in [2.05, 4.69) is 10.6 Å². The van der Waals surface area contributed by atoms with Crippen LogP contribution in [0.1, 0.15) is 24.2 Å². The zero-order valence-electron chi connectivity index (χ0n) is 16.2. The number of para-hydroxylation sites is 1. The van der Waals surface area contributed by atoms with Crippen molar-refractivity contribution in [3.8, 4) is 0 Å². The maximum absolute atomic E-state index is 13.8. The Labute approximate surface area is 163 Å². The van der Waals surface area contributed by atoms with E-state index in [1.54, 1.807) is 13.8 Å². The molecule has 28 heavy (non-hydrogen) atoms. The van der Waals surface area contributed by atoms with Crippen molar-refractivity contribution in [3.05, 3.63) is 65.7 Å². The van der Waals surface area contributed by atoms with Gasteiger partial charge in [-0.15, -0.1) is 0 Å². The number of hydrogen-bond donors (Lipinski definition) is 2. The summed E-state index contributed by atoms with van der Waals surface area (Å²) in [4.78, 5) is 26.8. The first kappa shape index (κ1) is 21.3. The first-order valence-electron chi connectivity index (χ1n) is 9.10. The summed E-state index contributed by atoms with van der Waals surface area (Å²) in [7, 11) is 1.91. The third kappa shape index (κ3) is 5.52. The van der Waals surface area contributed by atoms with E-state index in [-0.39, 0.29) is 5.92 Å². The third-order valence-corrected chi connectivity index (χ3v) is 4.37. The van der Waals surface area contributed by atoms with Crippen molar-refractivity contribution in [2.75, 3.05) is 25.0 Å². The van der Waals surface area contributed by atoms with Gasteiger partial charge in [0.2, 0.25) is 5.91 Å². The van der Waals surface area contributed by atoms with Crippen molar-refractivity contribution in [1.82, 2.24) is 10.6 Å². The maximum atomic E-state index is 13.8. The minimum Gasteiger partial charge on any atom is -0.373 e. The number of halogens is 2. The van der Waals surface area contributed by atoms with E-state index in [0.717, 1.165) is 17.8 Å². The molecule has 2 aromatic rings. The van der Waals surface area contributed by atoms with Crippen LogP contribution in [0.4, 0.5) is 14.5 Å². The number of benzene rings is 2. The van der Waals surface area contributed by atoms with Crippen LogP contribution in [-0.2, 0) is 4.79 Å². The largest absolute Gasteiger partial charge is 0.373 e. The quantitative estimate of drug-likeness (QED) is 0.730. The standard InChI is InChI=1S/C21H25F2N3O2/c1-14(2)19(25-20(27)18-16(22)10-7-11-17(18)23)21(28)24-12-13-26(3)15-8-5-4-6-9-15/h4-11,14,19H,12-13H2,1-3H3,(H,24,28)(H,25,27). The summed E-state index contributed by atoms with van der Waals surface area (Å²) in [6.07, 6.45) is 0. The molecule has 0 heterocycles. The highest BCUT2D eigenvalue weighted by Crippen LogP contribution is 2.13. The monoisotopic (exact) mass is 389 g/mol. The van der Waals surface area contributed by atoms with Gasteiger partial charge in [0.25, 0.3) is 5.91 Å². The predicted octanol–water partition coefficient (Wildman–Crippen LogP) is 2.97. The summed E-state index contributed by atoms with van der Waals surface area (Å²) in [6.45, 7) is 4.42. The number of anilines is 1. The molecule has 0 saturated heterocycles. The lowest BCUT2D eigenvalue weighted by atomic mass is 10.0. The van der Waals surface area contributed by atoms with Crippen LogP contribution in [0, 0.1) is 17.6 Å². The molecule has 0 aliphatic heterocycles. The second-order valence-electron chi connectivity index (χ2n) is 6.84. The highest BCUT2D eigenvalue weighted by atomic mass is 19.1. The molecule has 0 bridgehead atoms. The fourth-order valence-corrected chi connectivity index (χ4v) is 2.73. The summed E-state index contributed by atoms with van der Waals surface area (Å²) in [5, 5.41) is 5.21. The van der Waals surface area contributed by atoms with Crippen molar-refractivity contribution >= 4 is 17.5 Å². The van der Waals surface area contributed by atoms with Crippen LogP contribution >= 0.6 is 0 Å².